The quantitative estimate of drug-likeness (QED) is 0.806. The van der Waals surface area contributed by atoms with Crippen molar-refractivity contribution in [2.45, 2.75) is 26.8 Å². The summed E-state index contributed by atoms with van der Waals surface area (Å²) >= 11 is 5.51. The summed E-state index contributed by atoms with van der Waals surface area (Å²) in [6.45, 7) is 6.77. The highest BCUT2D eigenvalue weighted by molar-refractivity contribution is 7.80. The second kappa shape index (κ2) is 7.09. The Balaban J connectivity index is 1.71. The molecule has 0 aromatic heterocycles. The molecule has 2 aromatic rings. The molecule has 1 aliphatic heterocycles. The van der Waals surface area contributed by atoms with Crippen LogP contribution in [0.3, 0.4) is 0 Å². The molecule has 2 N–H and O–H groups in total. The van der Waals surface area contributed by atoms with E-state index < -0.39 is 0 Å². The molecular weight excluding hydrogens is 320 g/mol. The number of hydrogen-bond acceptors (Lipinski definition) is 3. The molecule has 1 heterocycles. The number of ether oxygens (including phenoxy) is 2. The number of anilines is 1. The number of nitrogens with one attached hydrogen (secondary N) is 2. The zero-order chi connectivity index (χ0) is 17.1. The first-order valence-corrected chi connectivity index (χ1v) is 8.48. The molecule has 0 bridgehead atoms. The Labute approximate surface area is 148 Å². The second-order valence-electron chi connectivity index (χ2n) is 6.24. The monoisotopic (exact) mass is 342 g/mol. The fourth-order valence-electron chi connectivity index (χ4n) is 2.82. The van der Waals surface area contributed by atoms with Gasteiger partial charge in [0.25, 0.3) is 0 Å². The second-order valence-corrected chi connectivity index (χ2v) is 6.65. The Hall–Kier alpha value is -2.27. The van der Waals surface area contributed by atoms with Crippen molar-refractivity contribution in [3.63, 3.8) is 0 Å². The number of benzene rings is 2. The zero-order valence-electron chi connectivity index (χ0n) is 14.1. The molecule has 1 atom stereocenters. The standard InChI is InChI=1S/C19H22N2O2S/c1-12(2)18(15-7-5-4-6-13(15)3)21-19(24)20-14-8-9-16-17(10-14)23-11-22-16/h4-10,12,18H,11H2,1-3H3,(H2,20,21,24)/t18-/m0/s1. The van der Waals surface area contributed by atoms with Gasteiger partial charge in [-0.1, -0.05) is 38.1 Å². The first kappa shape index (κ1) is 16.6. The van der Waals surface area contributed by atoms with Crippen molar-refractivity contribution in [2.24, 2.45) is 5.92 Å². The number of hydrogen-bond donors (Lipinski definition) is 2. The van der Waals surface area contributed by atoms with E-state index in [0.717, 1.165) is 17.2 Å². The number of rotatable bonds is 4. The van der Waals surface area contributed by atoms with E-state index in [9.17, 15) is 0 Å². The van der Waals surface area contributed by atoms with Crippen LogP contribution in [0.25, 0.3) is 0 Å². The Morgan fingerprint density at radius 1 is 1.08 bits per heavy atom. The molecule has 126 valence electrons. The van der Waals surface area contributed by atoms with Gasteiger partial charge >= 0.3 is 0 Å². The minimum atomic E-state index is 0.153. The van der Waals surface area contributed by atoms with Gasteiger partial charge in [0.2, 0.25) is 6.79 Å². The van der Waals surface area contributed by atoms with Gasteiger partial charge in [-0.15, -0.1) is 0 Å². The van der Waals surface area contributed by atoms with Crippen LogP contribution < -0.4 is 20.1 Å². The smallest absolute Gasteiger partial charge is 0.231 e. The third-order valence-electron chi connectivity index (χ3n) is 4.11. The summed E-state index contributed by atoms with van der Waals surface area (Å²) < 4.78 is 10.7. The Kier molecular flexibility index (Phi) is 4.90. The van der Waals surface area contributed by atoms with Crippen molar-refractivity contribution in [1.29, 1.82) is 0 Å². The van der Waals surface area contributed by atoms with Crippen molar-refractivity contribution in [2.75, 3.05) is 12.1 Å². The molecule has 3 rings (SSSR count). The van der Waals surface area contributed by atoms with Crippen LogP contribution in [0, 0.1) is 12.8 Å². The molecule has 5 heteroatoms. The summed E-state index contributed by atoms with van der Waals surface area (Å²) in [5.41, 5.74) is 3.40. The van der Waals surface area contributed by atoms with Crippen molar-refractivity contribution in [3.8, 4) is 11.5 Å². The third kappa shape index (κ3) is 3.62. The largest absolute Gasteiger partial charge is 0.454 e. The van der Waals surface area contributed by atoms with Crippen molar-refractivity contribution in [1.82, 2.24) is 5.32 Å². The number of fused-ring (bicyclic) bond motifs is 1. The maximum atomic E-state index is 5.51. The third-order valence-corrected chi connectivity index (χ3v) is 4.33. The lowest BCUT2D eigenvalue weighted by atomic mass is 9.93. The van der Waals surface area contributed by atoms with E-state index in [-0.39, 0.29) is 12.8 Å². The molecule has 0 fully saturated rings. The molecule has 0 amide bonds. The maximum Gasteiger partial charge on any atom is 0.231 e. The zero-order valence-corrected chi connectivity index (χ0v) is 14.9. The molecule has 0 radical (unpaired) electrons. The van der Waals surface area contributed by atoms with Gasteiger partial charge in [-0.05, 0) is 48.3 Å². The lowest BCUT2D eigenvalue weighted by Gasteiger charge is -2.26. The molecule has 24 heavy (non-hydrogen) atoms. The molecule has 0 saturated heterocycles. The Morgan fingerprint density at radius 3 is 2.58 bits per heavy atom. The SMILES string of the molecule is Cc1ccccc1[C@@H](NC(=S)Nc1ccc2c(c1)OCO2)C(C)C. The lowest BCUT2D eigenvalue weighted by molar-refractivity contribution is 0.174. The molecule has 4 nitrogen and oxygen atoms in total. The van der Waals surface area contributed by atoms with Gasteiger partial charge in [0.15, 0.2) is 16.6 Å². The fraction of sp³-hybridized carbons (Fsp3) is 0.316. The summed E-state index contributed by atoms with van der Waals surface area (Å²) in [6, 6.07) is 14.3. The summed E-state index contributed by atoms with van der Waals surface area (Å²) in [6.07, 6.45) is 0. The molecule has 0 unspecified atom stereocenters. The predicted octanol–water partition coefficient (Wildman–Crippen LogP) is 4.41. The molecular formula is C19H22N2O2S. The van der Waals surface area contributed by atoms with E-state index in [4.69, 9.17) is 21.7 Å². The molecule has 0 saturated carbocycles. The van der Waals surface area contributed by atoms with Crippen LogP contribution in [0.4, 0.5) is 5.69 Å². The van der Waals surface area contributed by atoms with Crippen LogP contribution in [0.15, 0.2) is 42.5 Å². The van der Waals surface area contributed by atoms with Crippen molar-refractivity contribution >= 4 is 23.0 Å². The van der Waals surface area contributed by atoms with Gasteiger partial charge < -0.3 is 20.1 Å². The Morgan fingerprint density at radius 2 is 1.83 bits per heavy atom. The van der Waals surface area contributed by atoms with Gasteiger partial charge in [0, 0.05) is 11.8 Å². The van der Waals surface area contributed by atoms with Crippen LogP contribution >= 0.6 is 12.2 Å². The van der Waals surface area contributed by atoms with Crippen molar-refractivity contribution in [3.05, 3.63) is 53.6 Å². The average molecular weight is 342 g/mol. The van der Waals surface area contributed by atoms with E-state index in [2.05, 4.69) is 55.7 Å². The van der Waals surface area contributed by atoms with Gasteiger partial charge in [0.05, 0.1) is 6.04 Å². The van der Waals surface area contributed by atoms with Gasteiger partial charge in [-0.2, -0.15) is 0 Å². The summed E-state index contributed by atoms with van der Waals surface area (Å²) in [5.74, 6) is 1.91. The highest BCUT2D eigenvalue weighted by Gasteiger charge is 2.19. The lowest BCUT2D eigenvalue weighted by Crippen LogP contribution is -2.35. The first-order valence-electron chi connectivity index (χ1n) is 8.07. The summed E-state index contributed by atoms with van der Waals surface area (Å²) in [4.78, 5) is 0. The minimum absolute atomic E-state index is 0.153. The number of aryl methyl sites for hydroxylation is 1. The molecule has 2 aromatic carbocycles. The summed E-state index contributed by atoms with van der Waals surface area (Å²) in [5, 5.41) is 7.26. The first-order chi connectivity index (χ1) is 11.5. The van der Waals surface area contributed by atoms with Gasteiger partial charge in [-0.3, -0.25) is 0 Å². The topological polar surface area (TPSA) is 42.5 Å². The van der Waals surface area contributed by atoms with E-state index in [1.54, 1.807) is 0 Å². The van der Waals surface area contributed by atoms with Crippen molar-refractivity contribution < 1.29 is 9.47 Å². The van der Waals surface area contributed by atoms with E-state index in [1.807, 2.05) is 18.2 Å². The average Bonchev–Trinajstić information content (AvgIpc) is 3.01. The fourth-order valence-corrected chi connectivity index (χ4v) is 3.07. The van der Waals surface area contributed by atoms with E-state index >= 15 is 0 Å². The van der Waals surface area contributed by atoms with Gasteiger partial charge in [-0.25, -0.2) is 0 Å². The maximum absolute atomic E-state index is 5.51. The minimum Gasteiger partial charge on any atom is -0.454 e. The van der Waals surface area contributed by atoms with Crippen LogP contribution in [0.1, 0.15) is 31.0 Å². The van der Waals surface area contributed by atoms with Crippen LogP contribution in [0.2, 0.25) is 0 Å². The number of thiocarbonyl (C=S) groups is 1. The normalized spacial score (nSPS) is 13.7. The van der Waals surface area contributed by atoms with Crippen LogP contribution in [0.5, 0.6) is 11.5 Å². The summed E-state index contributed by atoms with van der Waals surface area (Å²) in [7, 11) is 0. The predicted molar refractivity (Wildman–Crippen MR) is 101 cm³/mol. The highest BCUT2D eigenvalue weighted by atomic mass is 32.1. The van der Waals surface area contributed by atoms with E-state index in [1.165, 1.54) is 11.1 Å². The van der Waals surface area contributed by atoms with Crippen LogP contribution in [-0.2, 0) is 0 Å². The molecule has 1 aliphatic rings. The van der Waals surface area contributed by atoms with E-state index in [0.29, 0.717) is 11.0 Å². The molecule has 0 aliphatic carbocycles. The van der Waals surface area contributed by atoms with Crippen LogP contribution in [-0.4, -0.2) is 11.9 Å². The Bertz CT molecular complexity index is 746. The van der Waals surface area contributed by atoms with Gasteiger partial charge in [0.1, 0.15) is 0 Å². The molecule has 0 spiro atoms. The highest BCUT2D eigenvalue weighted by Crippen LogP contribution is 2.34.